The average molecular weight is 367 g/mol. The van der Waals surface area contributed by atoms with Gasteiger partial charge in [-0.05, 0) is 17.5 Å². The van der Waals surface area contributed by atoms with E-state index in [2.05, 4.69) is 31.1 Å². The lowest BCUT2D eigenvalue weighted by Gasteiger charge is -1.97. The first kappa shape index (κ1) is 27.3. The standard InChI is InChI=1S/C8H8.C7H12O2.C3H4O2.C2H3Cl/c1-2-8-6-4-3-5-7-8;1-3-5-6-9-7(8)4-2;1-2-3(4)5;1-2-3/h2-7H,1H2;4H,2-3,5-6H2,1H3;2H,1H2,(H,4,5);2H,1H2. The van der Waals surface area contributed by atoms with E-state index in [1.807, 2.05) is 43.3 Å². The van der Waals surface area contributed by atoms with E-state index in [-0.39, 0.29) is 5.97 Å². The predicted molar refractivity (Wildman–Crippen MR) is 106 cm³/mol. The second-order valence-corrected chi connectivity index (χ2v) is 4.35. The molecule has 25 heavy (non-hydrogen) atoms. The molecule has 138 valence electrons. The van der Waals surface area contributed by atoms with E-state index in [4.69, 9.17) is 16.7 Å². The molecule has 1 rings (SSSR count). The van der Waals surface area contributed by atoms with Crippen LogP contribution >= 0.6 is 11.6 Å². The van der Waals surface area contributed by atoms with Crippen LogP contribution in [0, 0.1) is 0 Å². The largest absolute Gasteiger partial charge is 0.478 e. The highest BCUT2D eigenvalue weighted by Gasteiger charge is 1.91. The Morgan fingerprint density at radius 2 is 1.60 bits per heavy atom. The normalized spacial score (nSPS) is 7.60. The number of halogens is 1. The molecule has 0 aliphatic heterocycles. The van der Waals surface area contributed by atoms with Gasteiger partial charge in [0.1, 0.15) is 0 Å². The molecule has 0 aliphatic rings. The number of carbonyl (C=O) groups is 2. The molecule has 5 heteroatoms. The van der Waals surface area contributed by atoms with Crippen molar-refractivity contribution < 1.29 is 19.4 Å². The molecule has 0 amide bonds. The van der Waals surface area contributed by atoms with Crippen molar-refractivity contribution in [1.29, 1.82) is 0 Å². The van der Waals surface area contributed by atoms with Crippen molar-refractivity contribution in [3.05, 3.63) is 79.9 Å². The van der Waals surface area contributed by atoms with Crippen LogP contribution in [0.25, 0.3) is 6.08 Å². The Morgan fingerprint density at radius 3 is 1.88 bits per heavy atom. The molecule has 0 spiro atoms. The van der Waals surface area contributed by atoms with E-state index in [0.29, 0.717) is 6.61 Å². The van der Waals surface area contributed by atoms with Gasteiger partial charge < -0.3 is 9.84 Å². The predicted octanol–water partition coefficient (Wildman–Crippen LogP) is 5.47. The van der Waals surface area contributed by atoms with Crippen LogP contribution in [0.1, 0.15) is 25.3 Å². The van der Waals surface area contributed by atoms with E-state index >= 15 is 0 Å². The van der Waals surface area contributed by atoms with Crippen molar-refractivity contribution in [2.75, 3.05) is 6.61 Å². The summed E-state index contributed by atoms with van der Waals surface area (Å²) < 4.78 is 4.67. The minimum atomic E-state index is -0.981. The number of carbonyl (C=O) groups excluding carboxylic acids is 1. The van der Waals surface area contributed by atoms with Crippen molar-refractivity contribution >= 4 is 29.6 Å². The fraction of sp³-hybridized carbons (Fsp3) is 0.200. The third kappa shape index (κ3) is 30.0. The molecule has 1 aromatic rings. The number of esters is 1. The molecule has 4 nitrogen and oxygen atoms in total. The van der Waals surface area contributed by atoms with Gasteiger partial charge in [0.05, 0.1) is 6.61 Å². The van der Waals surface area contributed by atoms with E-state index < -0.39 is 5.97 Å². The molecule has 0 unspecified atom stereocenters. The van der Waals surface area contributed by atoms with Gasteiger partial charge in [-0.3, -0.25) is 0 Å². The fourth-order valence-electron chi connectivity index (χ4n) is 0.965. The number of hydrogen-bond donors (Lipinski definition) is 1. The number of unbranched alkanes of at least 4 members (excludes halogenated alkanes) is 1. The SMILES string of the molecule is C=CC(=O)O.C=CC(=O)OCCCC.C=CCl.C=Cc1ccccc1. The number of aliphatic carboxylic acids is 1. The van der Waals surface area contributed by atoms with Crippen LogP contribution in [0.3, 0.4) is 0 Å². The summed E-state index contributed by atoms with van der Waals surface area (Å²) in [6.45, 7) is 15.5. The minimum absolute atomic E-state index is 0.330. The topological polar surface area (TPSA) is 63.6 Å². The van der Waals surface area contributed by atoms with Crippen molar-refractivity contribution in [2.45, 2.75) is 19.8 Å². The van der Waals surface area contributed by atoms with Crippen molar-refractivity contribution in [3.63, 3.8) is 0 Å². The van der Waals surface area contributed by atoms with Crippen LogP contribution in [0.4, 0.5) is 0 Å². The maximum Gasteiger partial charge on any atom is 0.330 e. The lowest BCUT2D eigenvalue weighted by Crippen LogP contribution is -2.00. The van der Waals surface area contributed by atoms with Crippen molar-refractivity contribution in [3.8, 4) is 0 Å². The summed E-state index contributed by atoms with van der Waals surface area (Å²) in [7, 11) is 0. The molecular weight excluding hydrogens is 340 g/mol. The van der Waals surface area contributed by atoms with Crippen LogP contribution < -0.4 is 0 Å². The number of carboxylic acid groups (broad SMARTS) is 1. The summed E-state index contributed by atoms with van der Waals surface area (Å²) in [5.41, 5.74) is 2.40. The third-order valence-corrected chi connectivity index (χ3v) is 2.12. The number of benzene rings is 1. The van der Waals surface area contributed by atoms with Gasteiger partial charge in [0.2, 0.25) is 0 Å². The molecule has 1 N–H and O–H groups in total. The zero-order valence-corrected chi connectivity index (χ0v) is 15.5. The van der Waals surface area contributed by atoms with Gasteiger partial charge >= 0.3 is 11.9 Å². The van der Waals surface area contributed by atoms with E-state index in [9.17, 15) is 9.59 Å². The summed E-state index contributed by atoms with van der Waals surface area (Å²) in [4.78, 5) is 19.6. The Balaban J connectivity index is -0.000000278. The molecule has 0 heterocycles. The molecule has 0 aliphatic carbocycles. The highest BCUT2D eigenvalue weighted by Crippen LogP contribution is 1.97. The molecule has 0 atom stereocenters. The first-order valence-electron chi connectivity index (χ1n) is 7.46. The van der Waals surface area contributed by atoms with E-state index in [0.717, 1.165) is 18.9 Å². The summed E-state index contributed by atoms with van der Waals surface area (Å²) >= 11 is 4.76. The molecular formula is C20H27ClO4. The quantitative estimate of drug-likeness (QED) is 0.412. The Morgan fingerprint density at radius 1 is 1.12 bits per heavy atom. The number of carboxylic acids is 1. The van der Waals surface area contributed by atoms with Gasteiger partial charge in [-0.1, -0.05) is 87.7 Å². The Hall–Kier alpha value is -2.59. The summed E-state index contributed by atoms with van der Waals surface area (Å²) in [6, 6.07) is 10.0. The molecule has 0 bridgehead atoms. The first-order valence-corrected chi connectivity index (χ1v) is 7.90. The van der Waals surface area contributed by atoms with Crippen LogP contribution in [-0.2, 0) is 14.3 Å². The van der Waals surface area contributed by atoms with Gasteiger partial charge in [-0.25, -0.2) is 9.59 Å². The summed E-state index contributed by atoms with van der Waals surface area (Å²) in [5, 5.41) is 7.60. The van der Waals surface area contributed by atoms with Crippen LogP contribution in [0.2, 0.25) is 0 Å². The lowest BCUT2D eigenvalue weighted by atomic mass is 10.2. The fourth-order valence-corrected chi connectivity index (χ4v) is 0.965. The highest BCUT2D eigenvalue weighted by molar-refractivity contribution is 6.25. The summed E-state index contributed by atoms with van der Waals surface area (Å²) in [6.07, 6.45) is 5.82. The monoisotopic (exact) mass is 366 g/mol. The zero-order valence-electron chi connectivity index (χ0n) is 14.7. The van der Waals surface area contributed by atoms with Crippen LogP contribution in [0.5, 0.6) is 0 Å². The number of rotatable bonds is 6. The minimum Gasteiger partial charge on any atom is -0.478 e. The Bertz CT molecular complexity index is 496. The second-order valence-electron chi connectivity index (χ2n) is 4.04. The van der Waals surface area contributed by atoms with Crippen molar-refractivity contribution in [1.82, 2.24) is 0 Å². The lowest BCUT2D eigenvalue weighted by molar-refractivity contribution is -0.137. The molecule has 0 saturated carbocycles. The molecule has 0 fully saturated rings. The Kier molecular flexibility index (Phi) is 25.8. The zero-order chi connectivity index (χ0) is 19.9. The second kappa shape index (κ2) is 23.7. The maximum atomic E-state index is 10.3. The summed E-state index contributed by atoms with van der Waals surface area (Å²) in [5.74, 6) is -1.31. The smallest absolute Gasteiger partial charge is 0.330 e. The van der Waals surface area contributed by atoms with Gasteiger partial charge in [-0.2, -0.15) is 0 Å². The Labute approximate surface area is 155 Å². The highest BCUT2D eigenvalue weighted by atomic mass is 35.5. The number of hydrogen-bond acceptors (Lipinski definition) is 3. The van der Waals surface area contributed by atoms with Crippen molar-refractivity contribution in [2.24, 2.45) is 0 Å². The molecule has 1 aromatic carbocycles. The average Bonchev–Trinajstić information content (AvgIpc) is 2.64. The van der Waals surface area contributed by atoms with Gasteiger partial charge in [0, 0.05) is 12.2 Å². The van der Waals surface area contributed by atoms with Gasteiger partial charge in [0.15, 0.2) is 0 Å². The van der Waals surface area contributed by atoms with Crippen LogP contribution in [0.15, 0.2) is 74.3 Å². The van der Waals surface area contributed by atoms with E-state index in [1.54, 1.807) is 0 Å². The first-order chi connectivity index (χ1) is 11.9. The molecule has 0 aromatic heterocycles. The van der Waals surface area contributed by atoms with Gasteiger partial charge in [0.25, 0.3) is 0 Å². The van der Waals surface area contributed by atoms with Crippen LogP contribution in [-0.4, -0.2) is 23.7 Å². The maximum absolute atomic E-state index is 10.3. The third-order valence-electron chi connectivity index (χ3n) is 2.12. The molecule has 0 saturated heterocycles. The van der Waals surface area contributed by atoms with Gasteiger partial charge in [-0.15, -0.1) is 0 Å². The molecule has 0 radical (unpaired) electrons. The number of ether oxygens (including phenoxy) is 1. The van der Waals surface area contributed by atoms with E-state index in [1.165, 1.54) is 17.2 Å².